The van der Waals surface area contributed by atoms with Crippen LogP contribution in [-0.2, 0) is 0 Å². The Morgan fingerprint density at radius 3 is 2.75 bits per heavy atom. The lowest BCUT2D eigenvalue weighted by Crippen LogP contribution is -2.28. The first-order valence-corrected chi connectivity index (χ1v) is 7.92. The van der Waals surface area contributed by atoms with Crippen LogP contribution in [0.5, 0.6) is 5.75 Å². The van der Waals surface area contributed by atoms with Crippen molar-refractivity contribution in [1.29, 1.82) is 0 Å². The first-order chi connectivity index (χ1) is 11.7. The SMILES string of the molecule is CCOc1ccc([C@H](CC)NC(=O)c2ccn3nnnc3c2)cc1. The van der Waals surface area contributed by atoms with Gasteiger partial charge in [-0.25, -0.2) is 4.52 Å². The van der Waals surface area contributed by atoms with Crippen LogP contribution in [0.15, 0.2) is 42.6 Å². The zero-order valence-corrected chi connectivity index (χ0v) is 13.6. The van der Waals surface area contributed by atoms with Gasteiger partial charge >= 0.3 is 0 Å². The van der Waals surface area contributed by atoms with Crippen LogP contribution < -0.4 is 10.1 Å². The number of carbonyl (C=O) groups is 1. The van der Waals surface area contributed by atoms with Gasteiger partial charge in [-0.05, 0) is 53.6 Å². The molecular weight excluding hydrogens is 306 g/mol. The highest BCUT2D eigenvalue weighted by atomic mass is 16.5. The molecule has 0 saturated heterocycles. The molecule has 3 rings (SSSR count). The van der Waals surface area contributed by atoms with Gasteiger partial charge in [0.1, 0.15) is 5.75 Å². The molecule has 2 heterocycles. The van der Waals surface area contributed by atoms with Crippen molar-refractivity contribution in [2.24, 2.45) is 0 Å². The molecule has 1 amide bonds. The third-order valence-corrected chi connectivity index (χ3v) is 3.77. The first-order valence-electron chi connectivity index (χ1n) is 7.92. The minimum Gasteiger partial charge on any atom is -0.494 e. The summed E-state index contributed by atoms with van der Waals surface area (Å²) in [7, 11) is 0. The highest BCUT2D eigenvalue weighted by Gasteiger charge is 2.15. The topological polar surface area (TPSA) is 81.4 Å². The van der Waals surface area contributed by atoms with Crippen molar-refractivity contribution in [2.45, 2.75) is 26.3 Å². The molecule has 0 radical (unpaired) electrons. The number of carbonyl (C=O) groups excluding carboxylic acids is 1. The Morgan fingerprint density at radius 1 is 1.25 bits per heavy atom. The third kappa shape index (κ3) is 3.34. The normalized spacial score (nSPS) is 12.1. The molecule has 1 N–H and O–H groups in total. The van der Waals surface area contributed by atoms with E-state index in [0.717, 1.165) is 17.7 Å². The smallest absolute Gasteiger partial charge is 0.251 e. The summed E-state index contributed by atoms with van der Waals surface area (Å²) in [5.41, 5.74) is 2.11. The van der Waals surface area contributed by atoms with E-state index in [1.165, 1.54) is 4.52 Å². The predicted octanol–water partition coefficient (Wildman–Crippen LogP) is 2.40. The van der Waals surface area contributed by atoms with Crippen LogP contribution in [0.1, 0.15) is 42.2 Å². The van der Waals surface area contributed by atoms with Crippen molar-refractivity contribution in [1.82, 2.24) is 25.4 Å². The van der Waals surface area contributed by atoms with E-state index in [4.69, 9.17) is 4.74 Å². The molecule has 7 heteroatoms. The summed E-state index contributed by atoms with van der Waals surface area (Å²) in [5.74, 6) is 0.674. The molecule has 124 valence electrons. The lowest BCUT2D eigenvalue weighted by molar-refractivity contribution is 0.0935. The van der Waals surface area contributed by atoms with E-state index in [9.17, 15) is 4.79 Å². The summed E-state index contributed by atoms with van der Waals surface area (Å²) in [6.07, 6.45) is 2.45. The molecule has 24 heavy (non-hydrogen) atoms. The minimum absolute atomic E-state index is 0.0691. The van der Waals surface area contributed by atoms with E-state index in [1.54, 1.807) is 18.3 Å². The standard InChI is InChI=1S/C17H19N5O2/c1-3-15(12-5-7-14(8-6-12)24-4-2)18-17(23)13-9-10-22-16(11-13)19-20-21-22/h5-11,15H,3-4H2,1-2H3,(H,18,23)/t15-/m0/s1. The Morgan fingerprint density at radius 2 is 2.04 bits per heavy atom. The van der Waals surface area contributed by atoms with Gasteiger partial charge < -0.3 is 10.1 Å². The van der Waals surface area contributed by atoms with E-state index >= 15 is 0 Å². The maximum absolute atomic E-state index is 12.5. The van der Waals surface area contributed by atoms with Gasteiger partial charge in [-0.1, -0.05) is 19.1 Å². The molecule has 0 aliphatic heterocycles. The number of nitrogens with one attached hydrogen (secondary N) is 1. The number of pyridine rings is 1. The number of hydrogen-bond acceptors (Lipinski definition) is 5. The number of nitrogens with zero attached hydrogens (tertiary/aromatic N) is 4. The fourth-order valence-corrected chi connectivity index (χ4v) is 2.51. The molecular formula is C17H19N5O2. The highest BCUT2D eigenvalue weighted by Crippen LogP contribution is 2.21. The lowest BCUT2D eigenvalue weighted by atomic mass is 10.0. The summed E-state index contributed by atoms with van der Waals surface area (Å²) in [6.45, 7) is 4.62. The van der Waals surface area contributed by atoms with Gasteiger partial charge in [-0.3, -0.25) is 4.79 Å². The monoisotopic (exact) mass is 325 g/mol. The van der Waals surface area contributed by atoms with Gasteiger partial charge in [-0.15, -0.1) is 5.10 Å². The lowest BCUT2D eigenvalue weighted by Gasteiger charge is -2.18. The third-order valence-electron chi connectivity index (χ3n) is 3.77. The zero-order valence-electron chi connectivity index (χ0n) is 13.6. The van der Waals surface area contributed by atoms with Crippen molar-refractivity contribution in [3.63, 3.8) is 0 Å². The molecule has 0 aliphatic carbocycles. The van der Waals surface area contributed by atoms with Crippen LogP contribution >= 0.6 is 0 Å². The second kappa shape index (κ2) is 7.08. The largest absolute Gasteiger partial charge is 0.494 e. The van der Waals surface area contributed by atoms with Crippen molar-refractivity contribution in [3.8, 4) is 5.75 Å². The van der Waals surface area contributed by atoms with E-state index in [2.05, 4.69) is 20.8 Å². The van der Waals surface area contributed by atoms with Crippen molar-refractivity contribution in [3.05, 3.63) is 53.7 Å². The van der Waals surface area contributed by atoms with Crippen LogP contribution in [0.25, 0.3) is 5.65 Å². The Balaban J connectivity index is 1.75. The number of fused-ring (bicyclic) bond motifs is 1. The van der Waals surface area contributed by atoms with Crippen LogP contribution in [0.4, 0.5) is 0 Å². The van der Waals surface area contributed by atoms with E-state index in [-0.39, 0.29) is 11.9 Å². The number of rotatable bonds is 6. The minimum atomic E-state index is -0.152. The van der Waals surface area contributed by atoms with E-state index in [0.29, 0.717) is 17.8 Å². The number of tetrazole rings is 1. The van der Waals surface area contributed by atoms with E-state index in [1.807, 2.05) is 38.1 Å². The number of ether oxygens (including phenoxy) is 1. The second-order valence-corrected chi connectivity index (χ2v) is 5.33. The van der Waals surface area contributed by atoms with Crippen LogP contribution in [0.2, 0.25) is 0 Å². The zero-order chi connectivity index (χ0) is 16.9. The molecule has 0 fully saturated rings. The van der Waals surface area contributed by atoms with Gasteiger partial charge in [0, 0.05) is 11.8 Å². The molecule has 0 saturated carbocycles. The van der Waals surface area contributed by atoms with Crippen LogP contribution in [0.3, 0.4) is 0 Å². The molecule has 3 aromatic rings. The molecule has 1 atom stereocenters. The van der Waals surface area contributed by atoms with Gasteiger partial charge in [0.25, 0.3) is 5.91 Å². The summed E-state index contributed by atoms with van der Waals surface area (Å²) in [6, 6.07) is 11.1. The molecule has 7 nitrogen and oxygen atoms in total. The van der Waals surface area contributed by atoms with Crippen molar-refractivity contribution in [2.75, 3.05) is 6.61 Å². The Bertz CT molecular complexity index is 828. The Kier molecular flexibility index (Phi) is 4.69. The van der Waals surface area contributed by atoms with Crippen LogP contribution in [-0.4, -0.2) is 32.6 Å². The highest BCUT2D eigenvalue weighted by molar-refractivity contribution is 5.95. The van der Waals surface area contributed by atoms with Crippen LogP contribution in [0, 0.1) is 0 Å². The maximum Gasteiger partial charge on any atom is 0.251 e. The fourth-order valence-electron chi connectivity index (χ4n) is 2.51. The fraction of sp³-hybridized carbons (Fsp3) is 0.294. The molecule has 1 aromatic carbocycles. The number of benzene rings is 1. The van der Waals surface area contributed by atoms with E-state index < -0.39 is 0 Å². The summed E-state index contributed by atoms with van der Waals surface area (Å²) in [5, 5.41) is 14.3. The number of aromatic nitrogens is 4. The first kappa shape index (κ1) is 15.9. The Hall–Kier alpha value is -2.96. The molecule has 2 aromatic heterocycles. The molecule has 0 spiro atoms. The maximum atomic E-state index is 12.5. The second-order valence-electron chi connectivity index (χ2n) is 5.33. The predicted molar refractivity (Wildman–Crippen MR) is 88.9 cm³/mol. The van der Waals surface area contributed by atoms with Crippen molar-refractivity contribution >= 4 is 11.6 Å². The Labute approximate surface area is 139 Å². The quantitative estimate of drug-likeness (QED) is 0.752. The average Bonchev–Trinajstić information content (AvgIpc) is 3.08. The molecule has 0 unspecified atom stereocenters. The number of amides is 1. The van der Waals surface area contributed by atoms with Crippen molar-refractivity contribution < 1.29 is 9.53 Å². The summed E-state index contributed by atoms with van der Waals surface area (Å²) in [4.78, 5) is 12.5. The molecule has 0 bridgehead atoms. The summed E-state index contributed by atoms with van der Waals surface area (Å²) >= 11 is 0. The molecule has 0 aliphatic rings. The average molecular weight is 325 g/mol. The van der Waals surface area contributed by atoms with Gasteiger partial charge in [0.05, 0.1) is 12.6 Å². The summed E-state index contributed by atoms with van der Waals surface area (Å²) < 4.78 is 6.96. The van der Waals surface area contributed by atoms with Gasteiger partial charge in [0.2, 0.25) is 0 Å². The van der Waals surface area contributed by atoms with Gasteiger partial charge in [-0.2, -0.15) is 0 Å². The van der Waals surface area contributed by atoms with Gasteiger partial charge in [0.15, 0.2) is 5.65 Å². The number of hydrogen-bond donors (Lipinski definition) is 1.